The van der Waals surface area contributed by atoms with E-state index in [9.17, 15) is 9.59 Å². The van der Waals surface area contributed by atoms with Crippen LogP contribution in [0.15, 0.2) is 58.3 Å². The fraction of sp³-hybridized carbons (Fsp3) is 0.158. The third-order valence-corrected chi connectivity index (χ3v) is 5.48. The molecule has 0 aliphatic rings. The monoisotopic (exact) mass is 371 g/mol. The van der Waals surface area contributed by atoms with Crippen molar-refractivity contribution in [3.63, 3.8) is 0 Å². The average molecular weight is 371 g/mol. The highest BCUT2D eigenvalue weighted by Gasteiger charge is 2.21. The second kappa shape index (κ2) is 7.72. The van der Waals surface area contributed by atoms with E-state index in [2.05, 4.69) is 17.4 Å². The van der Waals surface area contributed by atoms with Gasteiger partial charge in [0.15, 0.2) is 0 Å². The lowest BCUT2D eigenvalue weighted by Crippen LogP contribution is -2.10. The number of carbonyl (C=O) groups is 2. The van der Waals surface area contributed by atoms with Gasteiger partial charge in [0.25, 0.3) is 0 Å². The molecule has 2 aromatic carbocycles. The molecule has 0 bridgehead atoms. The molecule has 0 atom stereocenters. The van der Waals surface area contributed by atoms with Crippen LogP contribution < -0.4 is 5.32 Å². The van der Waals surface area contributed by atoms with E-state index in [-0.39, 0.29) is 12.5 Å². The minimum atomic E-state index is -0.416. The van der Waals surface area contributed by atoms with Gasteiger partial charge in [-0.3, -0.25) is 4.79 Å². The standard InChI is InChI=1S/C19H17NO3S2/c1-3-23-19(22)17-15-10-9-14(24-13-7-5-4-6-8-13)11-16(15)25-18(17)20-12(2)21/h4-11H,3H2,1-2H3,(H,20,21). The third-order valence-electron chi connectivity index (χ3n) is 3.41. The second-order valence-electron chi connectivity index (χ2n) is 5.28. The van der Waals surface area contributed by atoms with Gasteiger partial charge in [-0.2, -0.15) is 0 Å². The lowest BCUT2D eigenvalue weighted by Gasteiger charge is -2.05. The summed E-state index contributed by atoms with van der Waals surface area (Å²) >= 11 is 3.04. The first-order valence-electron chi connectivity index (χ1n) is 7.82. The Bertz CT molecular complexity index is 919. The van der Waals surface area contributed by atoms with Crippen LogP contribution in [0.4, 0.5) is 5.00 Å². The summed E-state index contributed by atoms with van der Waals surface area (Å²) in [6, 6.07) is 16.0. The number of nitrogens with one attached hydrogen (secondary N) is 1. The summed E-state index contributed by atoms with van der Waals surface area (Å²) in [5.41, 5.74) is 0.424. The number of amides is 1. The summed E-state index contributed by atoms with van der Waals surface area (Å²) in [5.74, 6) is -0.628. The summed E-state index contributed by atoms with van der Waals surface area (Å²) in [4.78, 5) is 26.0. The van der Waals surface area contributed by atoms with Gasteiger partial charge in [0.2, 0.25) is 5.91 Å². The Labute approximate surface area is 154 Å². The first-order valence-corrected chi connectivity index (χ1v) is 9.46. The summed E-state index contributed by atoms with van der Waals surface area (Å²) in [6.45, 7) is 3.48. The predicted octanol–water partition coefficient (Wildman–Crippen LogP) is 5.19. The Hall–Kier alpha value is -2.31. The van der Waals surface area contributed by atoms with Gasteiger partial charge in [-0.05, 0) is 31.2 Å². The SMILES string of the molecule is CCOC(=O)c1c(NC(C)=O)sc2cc(Sc3ccccc3)ccc12. The molecule has 4 nitrogen and oxygen atoms in total. The minimum Gasteiger partial charge on any atom is -0.462 e. The maximum Gasteiger partial charge on any atom is 0.341 e. The maximum atomic E-state index is 12.3. The van der Waals surface area contributed by atoms with Gasteiger partial charge >= 0.3 is 5.97 Å². The Morgan fingerprint density at radius 1 is 1.12 bits per heavy atom. The smallest absolute Gasteiger partial charge is 0.341 e. The molecular formula is C19H17NO3S2. The molecule has 0 saturated carbocycles. The van der Waals surface area contributed by atoms with Gasteiger partial charge in [0.1, 0.15) is 10.6 Å². The highest BCUT2D eigenvalue weighted by molar-refractivity contribution is 7.99. The van der Waals surface area contributed by atoms with Crippen molar-refractivity contribution < 1.29 is 14.3 Å². The van der Waals surface area contributed by atoms with Crippen molar-refractivity contribution in [3.05, 3.63) is 54.1 Å². The molecule has 3 aromatic rings. The molecule has 1 heterocycles. The van der Waals surface area contributed by atoms with Crippen molar-refractivity contribution in [2.45, 2.75) is 23.6 Å². The Morgan fingerprint density at radius 2 is 1.88 bits per heavy atom. The van der Waals surface area contributed by atoms with Crippen molar-refractivity contribution >= 4 is 50.1 Å². The van der Waals surface area contributed by atoms with E-state index in [0.717, 1.165) is 19.9 Å². The van der Waals surface area contributed by atoms with Gasteiger partial charge in [-0.1, -0.05) is 36.0 Å². The van der Waals surface area contributed by atoms with Gasteiger partial charge in [-0.25, -0.2) is 4.79 Å². The van der Waals surface area contributed by atoms with E-state index in [4.69, 9.17) is 4.74 Å². The van der Waals surface area contributed by atoms with E-state index >= 15 is 0 Å². The van der Waals surface area contributed by atoms with Gasteiger partial charge in [-0.15, -0.1) is 11.3 Å². The number of hydrogen-bond donors (Lipinski definition) is 1. The molecule has 25 heavy (non-hydrogen) atoms. The molecule has 0 aliphatic carbocycles. The number of carbonyl (C=O) groups excluding carboxylic acids is 2. The molecule has 3 rings (SSSR count). The van der Waals surface area contributed by atoms with E-state index in [1.807, 2.05) is 36.4 Å². The number of hydrogen-bond acceptors (Lipinski definition) is 5. The molecule has 1 amide bonds. The van der Waals surface area contributed by atoms with Crippen LogP contribution in [0.1, 0.15) is 24.2 Å². The van der Waals surface area contributed by atoms with Crippen LogP contribution >= 0.6 is 23.1 Å². The minimum absolute atomic E-state index is 0.212. The van der Waals surface area contributed by atoms with Crippen molar-refractivity contribution in [2.75, 3.05) is 11.9 Å². The number of benzene rings is 2. The normalized spacial score (nSPS) is 10.6. The lowest BCUT2D eigenvalue weighted by molar-refractivity contribution is -0.114. The highest BCUT2D eigenvalue weighted by atomic mass is 32.2. The molecule has 1 aromatic heterocycles. The zero-order valence-corrected chi connectivity index (χ0v) is 15.5. The summed E-state index contributed by atoms with van der Waals surface area (Å²) < 4.78 is 6.09. The lowest BCUT2D eigenvalue weighted by atomic mass is 10.1. The van der Waals surface area contributed by atoms with Crippen LogP contribution in [0.5, 0.6) is 0 Å². The third kappa shape index (κ3) is 4.03. The number of anilines is 1. The van der Waals surface area contributed by atoms with E-state index < -0.39 is 5.97 Å². The molecule has 6 heteroatoms. The summed E-state index contributed by atoms with van der Waals surface area (Å²) in [5, 5.41) is 4.07. The van der Waals surface area contributed by atoms with Crippen molar-refractivity contribution in [1.29, 1.82) is 0 Å². The number of esters is 1. The van der Waals surface area contributed by atoms with Crippen molar-refractivity contribution in [2.24, 2.45) is 0 Å². The Kier molecular flexibility index (Phi) is 5.40. The van der Waals surface area contributed by atoms with Crippen molar-refractivity contribution in [3.8, 4) is 0 Å². The Morgan fingerprint density at radius 3 is 2.56 bits per heavy atom. The molecule has 0 spiro atoms. The van der Waals surface area contributed by atoms with Gasteiger partial charge in [0.05, 0.1) is 6.61 Å². The van der Waals surface area contributed by atoms with E-state index in [1.54, 1.807) is 18.7 Å². The largest absolute Gasteiger partial charge is 0.462 e. The van der Waals surface area contributed by atoms with Crippen LogP contribution in [0.2, 0.25) is 0 Å². The first kappa shape index (κ1) is 17.5. The molecular weight excluding hydrogens is 354 g/mol. The maximum absolute atomic E-state index is 12.3. The zero-order chi connectivity index (χ0) is 17.8. The van der Waals surface area contributed by atoms with E-state index in [1.165, 1.54) is 18.3 Å². The molecule has 1 N–H and O–H groups in total. The van der Waals surface area contributed by atoms with Crippen LogP contribution in [0.25, 0.3) is 10.1 Å². The second-order valence-corrected chi connectivity index (χ2v) is 7.48. The topological polar surface area (TPSA) is 55.4 Å². The zero-order valence-electron chi connectivity index (χ0n) is 13.9. The molecule has 0 aliphatic heterocycles. The van der Waals surface area contributed by atoms with Crippen molar-refractivity contribution in [1.82, 2.24) is 0 Å². The van der Waals surface area contributed by atoms with Crippen LogP contribution in [0, 0.1) is 0 Å². The number of thiophene rings is 1. The fourth-order valence-electron chi connectivity index (χ4n) is 2.42. The van der Waals surface area contributed by atoms with Crippen LogP contribution in [-0.4, -0.2) is 18.5 Å². The predicted molar refractivity (Wildman–Crippen MR) is 103 cm³/mol. The average Bonchev–Trinajstić information content (AvgIpc) is 2.92. The molecule has 0 saturated heterocycles. The molecule has 0 radical (unpaired) electrons. The molecule has 128 valence electrons. The number of rotatable bonds is 5. The van der Waals surface area contributed by atoms with Gasteiger partial charge in [0, 0.05) is 26.8 Å². The summed E-state index contributed by atoms with van der Waals surface area (Å²) in [6.07, 6.45) is 0. The van der Waals surface area contributed by atoms with E-state index in [0.29, 0.717) is 10.6 Å². The van der Waals surface area contributed by atoms with Crippen LogP contribution in [0.3, 0.4) is 0 Å². The van der Waals surface area contributed by atoms with Crippen LogP contribution in [-0.2, 0) is 9.53 Å². The Balaban J connectivity index is 2.02. The first-order chi connectivity index (χ1) is 12.1. The quantitative estimate of drug-likeness (QED) is 0.627. The van der Waals surface area contributed by atoms with Gasteiger partial charge < -0.3 is 10.1 Å². The highest BCUT2D eigenvalue weighted by Crippen LogP contribution is 2.39. The summed E-state index contributed by atoms with van der Waals surface area (Å²) in [7, 11) is 0. The number of fused-ring (bicyclic) bond motifs is 1. The number of ether oxygens (including phenoxy) is 1. The fourth-order valence-corrected chi connectivity index (χ4v) is 4.55. The molecule has 0 unspecified atom stereocenters. The molecule has 0 fully saturated rings.